The Morgan fingerprint density at radius 3 is 1.95 bits per heavy atom. The summed E-state index contributed by atoms with van der Waals surface area (Å²) in [4.78, 5) is 12.8. The van der Waals surface area contributed by atoms with Gasteiger partial charge in [0.1, 0.15) is 6.04 Å². The van der Waals surface area contributed by atoms with Crippen molar-refractivity contribution < 1.29 is 9.90 Å². The van der Waals surface area contributed by atoms with Crippen LogP contribution in [0.5, 0.6) is 0 Å². The third-order valence-electron chi connectivity index (χ3n) is 2.96. The molecule has 0 radical (unpaired) electrons. The Morgan fingerprint density at radius 2 is 1.63 bits per heavy atom. The van der Waals surface area contributed by atoms with Crippen LogP contribution < -0.4 is 5.73 Å². The fourth-order valence-corrected chi connectivity index (χ4v) is 1.63. The summed E-state index contributed by atoms with van der Waals surface area (Å²) in [7, 11) is 0. The summed E-state index contributed by atoms with van der Waals surface area (Å²) in [5.41, 5.74) is 6.30. The van der Waals surface area contributed by atoms with Gasteiger partial charge in [0.05, 0.1) is 0 Å². The van der Waals surface area contributed by atoms with E-state index in [4.69, 9.17) is 10.8 Å². The molecule has 0 heterocycles. The van der Waals surface area contributed by atoms with Crippen LogP contribution in [-0.4, -0.2) is 41.7 Å². The van der Waals surface area contributed by atoms with E-state index >= 15 is 0 Å². The molecule has 3 N–H and O–H groups in total. The van der Waals surface area contributed by atoms with Crippen molar-refractivity contribution in [3.63, 3.8) is 0 Å². The number of aliphatic carboxylic acids is 1. The largest absolute Gasteiger partial charge is 0.480 e. The Morgan fingerprint density at radius 1 is 1.16 bits per heavy atom. The zero-order valence-corrected chi connectivity index (χ0v) is 12.2. The highest BCUT2D eigenvalue weighted by Gasteiger charge is 2.10. The summed E-state index contributed by atoms with van der Waals surface area (Å²) in [6, 6.07) is 8.54. The van der Waals surface area contributed by atoms with E-state index in [0.29, 0.717) is 6.42 Å². The van der Waals surface area contributed by atoms with Crippen LogP contribution in [-0.2, 0) is 11.2 Å². The highest BCUT2D eigenvalue weighted by Crippen LogP contribution is 2.01. The number of hydrogen-bond donors (Lipinski definition) is 2. The van der Waals surface area contributed by atoms with Gasteiger partial charge in [-0.25, -0.2) is 0 Å². The van der Waals surface area contributed by atoms with Crippen LogP contribution in [0.15, 0.2) is 30.3 Å². The maximum atomic E-state index is 10.4. The van der Waals surface area contributed by atoms with E-state index in [1.54, 1.807) is 0 Å². The first-order valence-corrected chi connectivity index (χ1v) is 6.79. The number of carboxylic acids is 1. The highest BCUT2D eigenvalue weighted by atomic mass is 16.4. The van der Waals surface area contributed by atoms with E-state index in [2.05, 4.69) is 25.7 Å². The number of carbonyl (C=O) groups is 1. The van der Waals surface area contributed by atoms with Crippen molar-refractivity contribution in [2.24, 2.45) is 5.73 Å². The second kappa shape index (κ2) is 10.5. The van der Waals surface area contributed by atoms with Crippen molar-refractivity contribution >= 4 is 5.97 Å². The lowest BCUT2D eigenvalue weighted by molar-refractivity contribution is -0.138. The molecule has 1 aromatic carbocycles. The SMILES string of the molecule is CCN(CC)CC.NC(Cc1ccccc1)C(=O)O. The molecule has 1 atom stereocenters. The molecule has 108 valence electrons. The molecule has 1 aromatic rings. The van der Waals surface area contributed by atoms with Crippen molar-refractivity contribution in [1.82, 2.24) is 4.90 Å². The molecule has 1 unspecified atom stereocenters. The lowest BCUT2D eigenvalue weighted by Gasteiger charge is -2.13. The molecule has 1 rings (SSSR count). The van der Waals surface area contributed by atoms with E-state index < -0.39 is 12.0 Å². The average molecular weight is 266 g/mol. The van der Waals surface area contributed by atoms with Crippen molar-refractivity contribution in [1.29, 1.82) is 0 Å². The maximum absolute atomic E-state index is 10.4. The number of nitrogens with two attached hydrogens (primary N) is 1. The normalized spacial score (nSPS) is 11.6. The Labute approximate surface area is 116 Å². The molecule has 4 heteroatoms. The van der Waals surface area contributed by atoms with Crippen LogP contribution in [0.3, 0.4) is 0 Å². The minimum Gasteiger partial charge on any atom is -0.480 e. The van der Waals surface area contributed by atoms with Crippen LogP contribution in [0.25, 0.3) is 0 Å². The molecular formula is C15H26N2O2. The van der Waals surface area contributed by atoms with Crippen molar-refractivity contribution in [3.8, 4) is 0 Å². The number of rotatable bonds is 6. The molecule has 0 saturated carbocycles. The predicted molar refractivity (Wildman–Crippen MR) is 79.2 cm³/mol. The summed E-state index contributed by atoms with van der Waals surface area (Å²) in [6.07, 6.45) is 0.385. The molecule has 0 bridgehead atoms. The molecule has 4 nitrogen and oxygen atoms in total. The quantitative estimate of drug-likeness (QED) is 0.826. The van der Waals surface area contributed by atoms with Crippen LogP contribution in [0, 0.1) is 0 Å². The third-order valence-corrected chi connectivity index (χ3v) is 2.96. The standard InChI is InChI=1S/C9H11NO2.C6H15N/c10-8(9(11)12)6-7-4-2-1-3-5-7;1-4-7(5-2)6-3/h1-5,8H,6,10H2,(H,11,12);4-6H2,1-3H3. The fraction of sp³-hybridized carbons (Fsp3) is 0.533. The monoisotopic (exact) mass is 266 g/mol. The van der Waals surface area contributed by atoms with Gasteiger partial charge in [-0.1, -0.05) is 51.1 Å². The Kier molecular flexibility index (Phi) is 9.75. The van der Waals surface area contributed by atoms with Crippen molar-refractivity contribution in [2.75, 3.05) is 19.6 Å². The van der Waals surface area contributed by atoms with Gasteiger partial charge in [0.25, 0.3) is 0 Å². The van der Waals surface area contributed by atoms with Gasteiger partial charge in [0.2, 0.25) is 0 Å². The number of nitrogens with zero attached hydrogens (tertiary/aromatic N) is 1. The first kappa shape index (κ1) is 17.6. The van der Waals surface area contributed by atoms with E-state index in [-0.39, 0.29) is 0 Å². The van der Waals surface area contributed by atoms with Gasteiger partial charge < -0.3 is 15.7 Å². The Hall–Kier alpha value is -1.39. The number of carboxylic acid groups (broad SMARTS) is 1. The van der Waals surface area contributed by atoms with Gasteiger partial charge in [-0.05, 0) is 31.6 Å². The first-order chi connectivity index (χ1) is 9.04. The van der Waals surface area contributed by atoms with Gasteiger partial charge in [-0.3, -0.25) is 4.79 Å². The number of hydrogen-bond acceptors (Lipinski definition) is 3. The molecule has 0 aliphatic rings. The van der Waals surface area contributed by atoms with E-state index in [0.717, 1.165) is 5.56 Å². The summed E-state index contributed by atoms with van der Waals surface area (Å²) in [5.74, 6) is -0.959. The van der Waals surface area contributed by atoms with E-state index in [1.165, 1.54) is 19.6 Å². The molecule has 0 amide bonds. The molecular weight excluding hydrogens is 240 g/mol. The first-order valence-electron chi connectivity index (χ1n) is 6.79. The molecule has 0 aliphatic carbocycles. The molecule has 0 aromatic heterocycles. The Balaban J connectivity index is 0.000000399. The van der Waals surface area contributed by atoms with Crippen LogP contribution in [0.1, 0.15) is 26.3 Å². The molecule has 0 saturated heterocycles. The lowest BCUT2D eigenvalue weighted by Crippen LogP contribution is -2.32. The van der Waals surface area contributed by atoms with E-state index in [9.17, 15) is 4.79 Å². The van der Waals surface area contributed by atoms with E-state index in [1.807, 2.05) is 30.3 Å². The Bertz CT molecular complexity index is 332. The second-order valence-electron chi connectivity index (χ2n) is 4.25. The predicted octanol–water partition coefficient (Wildman–Crippen LogP) is 1.99. The summed E-state index contributed by atoms with van der Waals surface area (Å²) >= 11 is 0. The van der Waals surface area contributed by atoms with Crippen molar-refractivity contribution in [2.45, 2.75) is 33.2 Å². The van der Waals surface area contributed by atoms with Crippen LogP contribution in [0.2, 0.25) is 0 Å². The molecule has 0 spiro atoms. The van der Waals surface area contributed by atoms with Gasteiger partial charge in [0, 0.05) is 0 Å². The molecule has 0 aliphatic heterocycles. The number of benzene rings is 1. The fourth-order valence-electron chi connectivity index (χ4n) is 1.63. The van der Waals surface area contributed by atoms with Gasteiger partial charge >= 0.3 is 5.97 Å². The topological polar surface area (TPSA) is 66.6 Å². The highest BCUT2D eigenvalue weighted by molar-refractivity contribution is 5.73. The minimum absolute atomic E-state index is 0.385. The molecule has 19 heavy (non-hydrogen) atoms. The smallest absolute Gasteiger partial charge is 0.320 e. The zero-order chi connectivity index (χ0) is 14.7. The van der Waals surface area contributed by atoms with Gasteiger partial charge in [-0.2, -0.15) is 0 Å². The maximum Gasteiger partial charge on any atom is 0.320 e. The second-order valence-corrected chi connectivity index (χ2v) is 4.25. The van der Waals surface area contributed by atoms with Gasteiger partial charge in [0.15, 0.2) is 0 Å². The summed E-state index contributed by atoms with van der Waals surface area (Å²) < 4.78 is 0. The lowest BCUT2D eigenvalue weighted by atomic mass is 10.1. The minimum atomic E-state index is -0.959. The van der Waals surface area contributed by atoms with Gasteiger partial charge in [-0.15, -0.1) is 0 Å². The average Bonchev–Trinajstić information content (AvgIpc) is 2.42. The zero-order valence-electron chi connectivity index (χ0n) is 12.2. The molecule has 0 fully saturated rings. The van der Waals surface area contributed by atoms with Crippen molar-refractivity contribution in [3.05, 3.63) is 35.9 Å². The summed E-state index contributed by atoms with van der Waals surface area (Å²) in [6.45, 7) is 10.1. The van der Waals surface area contributed by atoms with Crippen LogP contribution in [0.4, 0.5) is 0 Å². The van der Waals surface area contributed by atoms with Crippen LogP contribution >= 0.6 is 0 Å². The third kappa shape index (κ3) is 8.35. The summed E-state index contributed by atoms with van der Waals surface area (Å²) in [5, 5.41) is 8.52.